The predicted molar refractivity (Wildman–Crippen MR) is 51.3 cm³/mol. The Balaban J connectivity index is 2.60. The fourth-order valence-electron chi connectivity index (χ4n) is 1.09. The first-order valence-corrected chi connectivity index (χ1v) is 4.53. The zero-order chi connectivity index (χ0) is 9.84. The molecular formula is C10H17NO2. The van der Waals surface area contributed by atoms with E-state index < -0.39 is 0 Å². The summed E-state index contributed by atoms with van der Waals surface area (Å²) in [5.74, 6) is 1.72. The molecule has 0 aromatic carbocycles. The van der Waals surface area contributed by atoms with Crippen LogP contribution >= 0.6 is 0 Å². The molecule has 74 valence electrons. The molecule has 3 heteroatoms. The van der Waals surface area contributed by atoms with Gasteiger partial charge < -0.3 is 14.9 Å². The van der Waals surface area contributed by atoms with E-state index in [1.807, 2.05) is 26.8 Å². The van der Waals surface area contributed by atoms with Gasteiger partial charge in [-0.15, -0.1) is 0 Å². The predicted octanol–water partition coefficient (Wildman–Crippen LogP) is 1.97. The van der Waals surface area contributed by atoms with Gasteiger partial charge in [-0.3, -0.25) is 0 Å². The van der Waals surface area contributed by atoms with Crippen molar-refractivity contribution in [1.82, 2.24) is 0 Å². The summed E-state index contributed by atoms with van der Waals surface area (Å²) in [5.41, 5.74) is 6.55. The molecule has 0 bridgehead atoms. The molecule has 0 aliphatic carbocycles. The zero-order valence-electron chi connectivity index (χ0n) is 8.46. The largest absolute Gasteiger partial charge is 0.465 e. The molecule has 1 rings (SSSR count). The first kappa shape index (κ1) is 10.3. The highest BCUT2D eigenvalue weighted by Crippen LogP contribution is 2.15. The average molecular weight is 183 g/mol. The van der Waals surface area contributed by atoms with Crippen LogP contribution in [-0.2, 0) is 17.9 Å². The van der Waals surface area contributed by atoms with E-state index >= 15 is 0 Å². The summed E-state index contributed by atoms with van der Waals surface area (Å²) in [5, 5.41) is 0. The van der Waals surface area contributed by atoms with Gasteiger partial charge in [0.15, 0.2) is 0 Å². The number of ether oxygens (including phenoxy) is 1. The van der Waals surface area contributed by atoms with E-state index in [4.69, 9.17) is 14.9 Å². The third kappa shape index (κ3) is 2.86. The summed E-state index contributed by atoms with van der Waals surface area (Å²) in [7, 11) is 0. The Hall–Kier alpha value is -0.800. The number of nitrogens with two attached hydrogens (primary N) is 1. The van der Waals surface area contributed by atoms with Crippen LogP contribution in [0.25, 0.3) is 0 Å². The van der Waals surface area contributed by atoms with E-state index in [-0.39, 0.29) is 6.10 Å². The second kappa shape index (κ2) is 4.44. The molecule has 1 aromatic heterocycles. The lowest BCUT2D eigenvalue weighted by Crippen LogP contribution is -2.02. The second-order valence-corrected chi connectivity index (χ2v) is 3.36. The summed E-state index contributed by atoms with van der Waals surface area (Å²) in [6.45, 7) is 7.01. The van der Waals surface area contributed by atoms with Crippen LogP contribution in [0.15, 0.2) is 10.5 Å². The molecule has 0 unspecified atom stereocenters. The maximum atomic E-state index is 5.47. The molecule has 0 aliphatic heterocycles. The zero-order valence-corrected chi connectivity index (χ0v) is 8.46. The standard InChI is InChI=1S/C10H17NO2/c1-7(2)12-6-9-4-10(5-11)13-8(9)3/h4,7H,5-6,11H2,1-3H3. The van der Waals surface area contributed by atoms with Gasteiger partial charge in [-0.1, -0.05) is 0 Å². The summed E-state index contributed by atoms with van der Waals surface area (Å²) in [6, 6.07) is 1.96. The summed E-state index contributed by atoms with van der Waals surface area (Å²) in [4.78, 5) is 0. The number of hydrogen-bond acceptors (Lipinski definition) is 3. The van der Waals surface area contributed by atoms with Crippen molar-refractivity contribution in [2.75, 3.05) is 0 Å². The van der Waals surface area contributed by atoms with Crippen molar-refractivity contribution in [2.24, 2.45) is 5.73 Å². The topological polar surface area (TPSA) is 48.4 Å². The van der Waals surface area contributed by atoms with Crippen molar-refractivity contribution in [3.8, 4) is 0 Å². The minimum atomic E-state index is 0.246. The molecule has 13 heavy (non-hydrogen) atoms. The van der Waals surface area contributed by atoms with Crippen LogP contribution in [0, 0.1) is 6.92 Å². The van der Waals surface area contributed by atoms with Crippen molar-refractivity contribution < 1.29 is 9.15 Å². The van der Waals surface area contributed by atoms with Crippen molar-refractivity contribution in [1.29, 1.82) is 0 Å². The Kier molecular flexibility index (Phi) is 3.51. The maximum absolute atomic E-state index is 5.47. The van der Waals surface area contributed by atoms with Crippen molar-refractivity contribution in [2.45, 2.75) is 40.0 Å². The Labute approximate surface area is 78.9 Å². The van der Waals surface area contributed by atoms with Crippen LogP contribution in [0.3, 0.4) is 0 Å². The average Bonchev–Trinajstić information content (AvgIpc) is 2.43. The third-order valence-electron chi connectivity index (χ3n) is 1.84. The highest BCUT2D eigenvalue weighted by molar-refractivity contribution is 5.19. The van der Waals surface area contributed by atoms with Gasteiger partial charge in [0.25, 0.3) is 0 Å². The van der Waals surface area contributed by atoms with Crippen LogP contribution in [0.1, 0.15) is 30.9 Å². The van der Waals surface area contributed by atoms with Crippen LogP contribution in [0.4, 0.5) is 0 Å². The fourth-order valence-corrected chi connectivity index (χ4v) is 1.09. The Morgan fingerprint density at radius 2 is 2.23 bits per heavy atom. The molecule has 0 spiro atoms. The Morgan fingerprint density at radius 3 is 2.69 bits per heavy atom. The summed E-state index contributed by atoms with van der Waals surface area (Å²) >= 11 is 0. The van der Waals surface area contributed by atoms with E-state index in [2.05, 4.69) is 0 Å². The minimum absolute atomic E-state index is 0.246. The van der Waals surface area contributed by atoms with Gasteiger partial charge in [-0.25, -0.2) is 0 Å². The number of furan rings is 1. The lowest BCUT2D eigenvalue weighted by Gasteiger charge is -2.05. The molecular weight excluding hydrogens is 166 g/mol. The van der Waals surface area contributed by atoms with Crippen molar-refractivity contribution in [3.05, 3.63) is 23.2 Å². The van der Waals surface area contributed by atoms with Crippen LogP contribution in [-0.4, -0.2) is 6.10 Å². The monoisotopic (exact) mass is 183 g/mol. The van der Waals surface area contributed by atoms with Gasteiger partial charge in [-0.2, -0.15) is 0 Å². The van der Waals surface area contributed by atoms with Gasteiger partial charge in [0, 0.05) is 5.56 Å². The van der Waals surface area contributed by atoms with Gasteiger partial charge in [0.05, 0.1) is 19.3 Å². The maximum Gasteiger partial charge on any atom is 0.118 e. The Morgan fingerprint density at radius 1 is 1.54 bits per heavy atom. The van der Waals surface area contributed by atoms with E-state index in [1.165, 1.54) is 0 Å². The quantitative estimate of drug-likeness (QED) is 0.776. The molecule has 0 atom stereocenters. The normalized spacial score (nSPS) is 11.2. The minimum Gasteiger partial charge on any atom is -0.465 e. The first-order chi connectivity index (χ1) is 6.13. The van der Waals surface area contributed by atoms with Gasteiger partial charge in [-0.05, 0) is 26.8 Å². The van der Waals surface area contributed by atoms with E-state index in [0.717, 1.165) is 17.1 Å². The third-order valence-corrected chi connectivity index (χ3v) is 1.84. The smallest absolute Gasteiger partial charge is 0.118 e. The molecule has 0 radical (unpaired) electrons. The molecule has 0 saturated carbocycles. The Bertz CT molecular complexity index is 266. The molecule has 0 amide bonds. The van der Waals surface area contributed by atoms with Crippen LogP contribution in [0.2, 0.25) is 0 Å². The number of hydrogen-bond donors (Lipinski definition) is 1. The number of aryl methyl sites for hydroxylation is 1. The van der Waals surface area contributed by atoms with Crippen LogP contribution < -0.4 is 5.73 Å². The summed E-state index contributed by atoms with van der Waals surface area (Å²) in [6.07, 6.45) is 0.246. The second-order valence-electron chi connectivity index (χ2n) is 3.36. The number of rotatable bonds is 4. The molecule has 0 saturated heterocycles. The van der Waals surface area contributed by atoms with Crippen molar-refractivity contribution in [3.63, 3.8) is 0 Å². The van der Waals surface area contributed by atoms with Gasteiger partial charge in [0.2, 0.25) is 0 Å². The fraction of sp³-hybridized carbons (Fsp3) is 0.600. The highest BCUT2D eigenvalue weighted by Gasteiger charge is 2.06. The molecule has 0 aliphatic rings. The van der Waals surface area contributed by atoms with E-state index in [0.29, 0.717) is 13.2 Å². The molecule has 3 nitrogen and oxygen atoms in total. The molecule has 0 fully saturated rings. The van der Waals surface area contributed by atoms with E-state index in [9.17, 15) is 0 Å². The molecule has 1 heterocycles. The molecule has 1 aromatic rings. The highest BCUT2D eigenvalue weighted by atomic mass is 16.5. The van der Waals surface area contributed by atoms with Crippen molar-refractivity contribution >= 4 is 0 Å². The lowest BCUT2D eigenvalue weighted by molar-refractivity contribution is 0.0650. The SMILES string of the molecule is Cc1oc(CN)cc1COC(C)C. The molecule has 2 N–H and O–H groups in total. The lowest BCUT2D eigenvalue weighted by atomic mass is 10.2. The first-order valence-electron chi connectivity index (χ1n) is 4.53. The van der Waals surface area contributed by atoms with Gasteiger partial charge in [0.1, 0.15) is 11.5 Å². The van der Waals surface area contributed by atoms with Gasteiger partial charge >= 0.3 is 0 Å². The summed E-state index contributed by atoms with van der Waals surface area (Å²) < 4.78 is 10.9. The van der Waals surface area contributed by atoms with Crippen LogP contribution in [0.5, 0.6) is 0 Å². The van der Waals surface area contributed by atoms with E-state index in [1.54, 1.807) is 0 Å².